The minimum Gasteiger partial charge on any atom is -0.394 e. The Morgan fingerprint density at radius 1 is 1.15 bits per heavy atom. The summed E-state index contributed by atoms with van der Waals surface area (Å²) in [5.41, 5.74) is 0. The first-order valence-corrected chi connectivity index (χ1v) is 7.29. The second kappa shape index (κ2) is 12.1. The maximum atomic E-state index is 11.4. The molecule has 1 amide bonds. The maximum absolute atomic E-state index is 11.4. The number of ether oxygens (including phenoxy) is 2. The molecule has 0 aromatic carbocycles. The van der Waals surface area contributed by atoms with Crippen molar-refractivity contribution in [1.82, 2.24) is 10.6 Å². The van der Waals surface area contributed by atoms with Crippen LogP contribution in [0.15, 0.2) is 0 Å². The van der Waals surface area contributed by atoms with E-state index in [0.29, 0.717) is 19.2 Å². The monoisotopic (exact) mass is 290 g/mol. The molecule has 1 atom stereocenters. The van der Waals surface area contributed by atoms with Crippen LogP contribution >= 0.6 is 0 Å². The van der Waals surface area contributed by atoms with Gasteiger partial charge in [0.2, 0.25) is 5.91 Å². The van der Waals surface area contributed by atoms with Crippen molar-refractivity contribution in [2.24, 2.45) is 0 Å². The second-order valence-corrected chi connectivity index (χ2v) is 5.28. The van der Waals surface area contributed by atoms with E-state index in [-0.39, 0.29) is 31.3 Å². The first-order valence-electron chi connectivity index (χ1n) is 7.29. The summed E-state index contributed by atoms with van der Waals surface area (Å²) in [5.74, 6) is -0.149. The van der Waals surface area contributed by atoms with Crippen LogP contribution in [0.3, 0.4) is 0 Å². The van der Waals surface area contributed by atoms with Crippen molar-refractivity contribution in [3.05, 3.63) is 0 Å². The number of aliphatic hydroxyl groups excluding tert-OH is 1. The van der Waals surface area contributed by atoms with Gasteiger partial charge >= 0.3 is 0 Å². The van der Waals surface area contributed by atoms with Crippen LogP contribution in [0, 0.1) is 0 Å². The highest BCUT2D eigenvalue weighted by Gasteiger charge is 2.08. The number of carbonyl (C=O) groups is 1. The Bertz CT molecular complexity index is 247. The van der Waals surface area contributed by atoms with E-state index >= 15 is 0 Å². The van der Waals surface area contributed by atoms with Gasteiger partial charge in [-0.2, -0.15) is 0 Å². The molecule has 0 aliphatic rings. The molecule has 0 fully saturated rings. The third-order valence-electron chi connectivity index (χ3n) is 2.55. The lowest BCUT2D eigenvalue weighted by molar-refractivity contribution is -0.127. The molecular weight excluding hydrogens is 260 g/mol. The van der Waals surface area contributed by atoms with Crippen molar-refractivity contribution in [1.29, 1.82) is 0 Å². The van der Waals surface area contributed by atoms with Crippen molar-refractivity contribution in [2.45, 2.75) is 52.4 Å². The molecule has 0 radical (unpaired) electrons. The Labute approximate surface area is 122 Å². The molecule has 1 unspecified atom stereocenters. The van der Waals surface area contributed by atoms with Crippen LogP contribution in [0.4, 0.5) is 0 Å². The van der Waals surface area contributed by atoms with Crippen molar-refractivity contribution < 1.29 is 19.4 Å². The number of hydrogen-bond acceptors (Lipinski definition) is 5. The van der Waals surface area contributed by atoms with E-state index in [2.05, 4.69) is 24.5 Å². The van der Waals surface area contributed by atoms with Gasteiger partial charge in [0.15, 0.2) is 0 Å². The lowest BCUT2D eigenvalue weighted by Crippen LogP contribution is -2.34. The summed E-state index contributed by atoms with van der Waals surface area (Å²) in [7, 11) is 0. The molecule has 120 valence electrons. The fourth-order valence-corrected chi connectivity index (χ4v) is 1.47. The van der Waals surface area contributed by atoms with E-state index < -0.39 is 0 Å². The van der Waals surface area contributed by atoms with Crippen molar-refractivity contribution >= 4 is 5.91 Å². The van der Waals surface area contributed by atoms with E-state index in [0.717, 1.165) is 13.0 Å². The topological polar surface area (TPSA) is 79.8 Å². The number of aliphatic hydroxyl groups is 1. The molecule has 0 saturated heterocycles. The number of amides is 1. The van der Waals surface area contributed by atoms with Crippen LogP contribution in [0.5, 0.6) is 0 Å². The maximum Gasteiger partial charge on any atom is 0.246 e. The molecule has 0 rings (SSSR count). The van der Waals surface area contributed by atoms with Gasteiger partial charge in [-0.15, -0.1) is 0 Å². The van der Waals surface area contributed by atoms with Gasteiger partial charge in [0, 0.05) is 12.6 Å². The van der Waals surface area contributed by atoms with Crippen LogP contribution in [0.1, 0.15) is 34.1 Å². The number of nitrogens with one attached hydrogen (secondary N) is 2. The zero-order chi connectivity index (χ0) is 15.4. The molecule has 0 saturated carbocycles. The summed E-state index contributed by atoms with van der Waals surface area (Å²) < 4.78 is 10.7. The second-order valence-electron chi connectivity index (χ2n) is 5.28. The molecule has 0 spiro atoms. The Morgan fingerprint density at radius 3 is 2.40 bits per heavy atom. The van der Waals surface area contributed by atoms with Crippen LogP contribution in [0.25, 0.3) is 0 Å². The third-order valence-corrected chi connectivity index (χ3v) is 2.55. The molecule has 20 heavy (non-hydrogen) atoms. The van der Waals surface area contributed by atoms with Gasteiger partial charge in [0.05, 0.1) is 25.4 Å². The van der Waals surface area contributed by atoms with Crippen LogP contribution in [0.2, 0.25) is 0 Å². The van der Waals surface area contributed by atoms with Gasteiger partial charge in [-0.25, -0.2) is 0 Å². The van der Waals surface area contributed by atoms with Gasteiger partial charge < -0.3 is 25.2 Å². The van der Waals surface area contributed by atoms with E-state index in [9.17, 15) is 9.90 Å². The molecule has 0 aromatic heterocycles. The van der Waals surface area contributed by atoms with Crippen molar-refractivity contribution in [2.75, 3.05) is 32.9 Å². The Kier molecular flexibility index (Phi) is 11.7. The molecule has 0 heterocycles. The summed E-state index contributed by atoms with van der Waals surface area (Å²) >= 11 is 0. The van der Waals surface area contributed by atoms with Gasteiger partial charge in [0.1, 0.15) is 6.61 Å². The van der Waals surface area contributed by atoms with Crippen LogP contribution in [-0.2, 0) is 14.3 Å². The average Bonchev–Trinajstić information content (AvgIpc) is 2.38. The molecule has 6 nitrogen and oxygen atoms in total. The van der Waals surface area contributed by atoms with E-state index in [1.54, 1.807) is 0 Å². The minimum atomic E-state index is -0.190. The van der Waals surface area contributed by atoms with Gasteiger partial charge in [-0.1, -0.05) is 13.8 Å². The Balaban J connectivity index is 3.57. The fraction of sp³-hybridized carbons (Fsp3) is 0.929. The summed E-state index contributed by atoms with van der Waals surface area (Å²) in [5, 5.41) is 15.2. The zero-order valence-corrected chi connectivity index (χ0v) is 13.1. The summed E-state index contributed by atoms with van der Waals surface area (Å²) in [6.07, 6.45) is 0.605. The molecule has 3 N–H and O–H groups in total. The van der Waals surface area contributed by atoms with Gasteiger partial charge in [-0.05, 0) is 26.8 Å². The fourth-order valence-electron chi connectivity index (χ4n) is 1.47. The average molecular weight is 290 g/mol. The Hall–Kier alpha value is -0.690. The SMILES string of the molecule is CC(C)NCCC(CO)OCCNC(=O)COC(C)C. The molecule has 0 aliphatic carbocycles. The Morgan fingerprint density at radius 2 is 1.85 bits per heavy atom. The first kappa shape index (κ1) is 19.3. The highest BCUT2D eigenvalue weighted by Crippen LogP contribution is 1.96. The summed E-state index contributed by atoms with van der Waals surface area (Å²) in [4.78, 5) is 11.4. The minimum absolute atomic E-state index is 0.00974. The molecule has 0 bridgehead atoms. The standard InChI is InChI=1S/C14H30N2O4/c1-11(2)15-6-5-13(9-17)19-8-7-16-14(18)10-20-12(3)4/h11-13,15,17H,5-10H2,1-4H3,(H,16,18). The molecule has 0 aromatic rings. The highest BCUT2D eigenvalue weighted by molar-refractivity contribution is 5.77. The number of carbonyl (C=O) groups excluding carboxylic acids is 1. The van der Waals surface area contributed by atoms with E-state index in [4.69, 9.17) is 9.47 Å². The molecular formula is C14H30N2O4. The lowest BCUT2D eigenvalue weighted by atomic mass is 10.2. The zero-order valence-electron chi connectivity index (χ0n) is 13.1. The van der Waals surface area contributed by atoms with Crippen molar-refractivity contribution in [3.8, 4) is 0 Å². The van der Waals surface area contributed by atoms with Gasteiger partial charge in [-0.3, -0.25) is 4.79 Å². The highest BCUT2D eigenvalue weighted by atomic mass is 16.5. The first-order chi connectivity index (χ1) is 9.45. The predicted molar refractivity (Wildman–Crippen MR) is 78.7 cm³/mol. The quantitative estimate of drug-likeness (QED) is 0.450. The largest absolute Gasteiger partial charge is 0.394 e. The smallest absolute Gasteiger partial charge is 0.246 e. The normalized spacial score (nSPS) is 12.9. The van der Waals surface area contributed by atoms with Crippen LogP contribution in [-0.4, -0.2) is 62.2 Å². The lowest BCUT2D eigenvalue weighted by Gasteiger charge is -2.17. The summed E-state index contributed by atoms with van der Waals surface area (Å²) in [6, 6.07) is 0.426. The van der Waals surface area contributed by atoms with Crippen LogP contribution < -0.4 is 10.6 Å². The number of rotatable bonds is 12. The van der Waals surface area contributed by atoms with E-state index in [1.165, 1.54) is 0 Å². The van der Waals surface area contributed by atoms with E-state index in [1.807, 2.05) is 13.8 Å². The summed E-state index contributed by atoms with van der Waals surface area (Å²) in [6.45, 7) is 9.59. The van der Waals surface area contributed by atoms with Crippen molar-refractivity contribution in [3.63, 3.8) is 0 Å². The third kappa shape index (κ3) is 12.3. The predicted octanol–water partition coefficient (Wildman–Crippen LogP) is 0.293. The number of hydrogen-bond donors (Lipinski definition) is 3. The molecule has 6 heteroatoms. The van der Waals surface area contributed by atoms with Gasteiger partial charge in [0.25, 0.3) is 0 Å². The molecule has 0 aliphatic heterocycles.